The molecule has 1 heterocycles. The standard InChI is InChI=1S/C24H26N2O4/c25-24(23(29)30,14-21(28)20(27)13-15-7-2-1-3-8-15)22-16-9-4-5-11-18(16)26-19-12-6-10-17(19)22/h1-5,7-9,11,17,19,22,26H,6,10,12-14,25H2,(H,29,30)/t17-,19+,22?,24?/m0/s1. The third-order valence-electron chi connectivity index (χ3n) is 6.56. The molecule has 30 heavy (non-hydrogen) atoms. The van der Waals surface area contributed by atoms with Crippen LogP contribution >= 0.6 is 0 Å². The Morgan fingerprint density at radius 2 is 1.70 bits per heavy atom. The number of hydrogen-bond donors (Lipinski definition) is 3. The van der Waals surface area contributed by atoms with E-state index in [4.69, 9.17) is 5.73 Å². The van der Waals surface area contributed by atoms with E-state index in [2.05, 4.69) is 5.32 Å². The molecule has 1 fully saturated rings. The number of para-hydroxylation sites is 1. The van der Waals surface area contributed by atoms with E-state index in [1.54, 1.807) is 24.3 Å². The quantitative estimate of drug-likeness (QED) is 0.610. The largest absolute Gasteiger partial charge is 0.480 e. The van der Waals surface area contributed by atoms with Gasteiger partial charge in [-0.25, -0.2) is 0 Å². The van der Waals surface area contributed by atoms with E-state index in [-0.39, 0.29) is 18.4 Å². The number of fused-ring (bicyclic) bond motifs is 2. The Balaban J connectivity index is 1.64. The summed E-state index contributed by atoms with van der Waals surface area (Å²) >= 11 is 0. The molecule has 4 atom stereocenters. The average molecular weight is 406 g/mol. The number of rotatable bonds is 7. The van der Waals surface area contributed by atoms with E-state index in [1.807, 2.05) is 30.3 Å². The van der Waals surface area contributed by atoms with Crippen molar-refractivity contribution >= 4 is 23.2 Å². The zero-order valence-corrected chi connectivity index (χ0v) is 16.7. The van der Waals surface area contributed by atoms with Gasteiger partial charge in [-0.3, -0.25) is 14.4 Å². The van der Waals surface area contributed by atoms with Crippen LogP contribution in [0.15, 0.2) is 54.6 Å². The molecule has 2 aromatic carbocycles. The van der Waals surface area contributed by atoms with Gasteiger partial charge in [0.05, 0.1) is 0 Å². The van der Waals surface area contributed by atoms with Gasteiger partial charge in [0.1, 0.15) is 5.54 Å². The number of carboxylic acids is 1. The molecule has 6 nitrogen and oxygen atoms in total. The molecule has 4 rings (SSSR count). The Bertz CT molecular complexity index is 974. The Kier molecular flexibility index (Phi) is 5.43. The summed E-state index contributed by atoms with van der Waals surface area (Å²) in [7, 11) is 0. The fourth-order valence-electron chi connectivity index (χ4n) is 5.12. The highest BCUT2D eigenvalue weighted by Gasteiger charge is 2.53. The number of hydrogen-bond acceptors (Lipinski definition) is 5. The molecule has 0 bridgehead atoms. The maximum Gasteiger partial charge on any atom is 0.324 e. The van der Waals surface area contributed by atoms with Crippen LogP contribution in [0.3, 0.4) is 0 Å². The molecule has 0 amide bonds. The maximum absolute atomic E-state index is 12.8. The summed E-state index contributed by atoms with van der Waals surface area (Å²) < 4.78 is 0. The van der Waals surface area contributed by atoms with E-state index in [0.717, 1.165) is 36.1 Å². The van der Waals surface area contributed by atoms with Crippen molar-refractivity contribution in [2.45, 2.75) is 49.6 Å². The van der Waals surface area contributed by atoms with Crippen LogP contribution in [-0.4, -0.2) is 34.2 Å². The van der Waals surface area contributed by atoms with Crippen LogP contribution in [-0.2, 0) is 20.8 Å². The second kappa shape index (κ2) is 8.03. The predicted molar refractivity (Wildman–Crippen MR) is 113 cm³/mol. The van der Waals surface area contributed by atoms with Crippen LogP contribution in [0.2, 0.25) is 0 Å². The van der Waals surface area contributed by atoms with Gasteiger partial charge in [0.25, 0.3) is 0 Å². The summed E-state index contributed by atoms with van der Waals surface area (Å²) in [6, 6.07) is 16.6. The minimum atomic E-state index is -1.84. The maximum atomic E-state index is 12.8. The monoisotopic (exact) mass is 406 g/mol. The van der Waals surface area contributed by atoms with Crippen molar-refractivity contribution in [2.24, 2.45) is 11.7 Å². The zero-order valence-electron chi connectivity index (χ0n) is 16.7. The lowest BCUT2D eigenvalue weighted by atomic mass is 9.66. The number of carbonyl (C=O) groups excluding carboxylic acids is 2. The second-order valence-corrected chi connectivity index (χ2v) is 8.44. The van der Waals surface area contributed by atoms with Gasteiger partial charge in [0.2, 0.25) is 11.6 Å². The van der Waals surface area contributed by atoms with E-state index in [0.29, 0.717) is 0 Å². The van der Waals surface area contributed by atoms with E-state index >= 15 is 0 Å². The van der Waals surface area contributed by atoms with Crippen molar-refractivity contribution in [3.8, 4) is 0 Å². The first kappa shape index (κ1) is 20.3. The average Bonchev–Trinajstić information content (AvgIpc) is 3.20. The van der Waals surface area contributed by atoms with Crippen LogP contribution in [0, 0.1) is 5.92 Å². The van der Waals surface area contributed by atoms with Crippen LogP contribution in [0.4, 0.5) is 5.69 Å². The molecule has 6 heteroatoms. The van der Waals surface area contributed by atoms with E-state index in [1.165, 1.54) is 0 Å². The van der Waals surface area contributed by atoms with Crippen molar-refractivity contribution in [1.82, 2.24) is 0 Å². The van der Waals surface area contributed by atoms with E-state index < -0.39 is 35.4 Å². The third-order valence-corrected chi connectivity index (χ3v) is 6.56. The smallest absolute Gasteiger partial charge is 0.324 e. The van der Waals surface area contributed by atoms with Crippen LogP contribution in [0.25, 0.3) is 0 Å². The highest BCUT2D eigenvalue weighted by molar-refractivity contribution is 6.38. The number of carbonyl (C=O) groups is 3. The summed E-state index contributed by atoms with van der Waals surface area (Å²) in [5.74, 6) is -3.10. The highest BCUT2D eigenvalue weighted by Crippen LogP contribution is 2.50. The van der Waals surface area contributed by atoms with Gasteiger partial charge < -0.3 is 16.2 Å². The molecular formula is C24H26N2O4. The molecule has 0 spiro atoms. The Labute approximate surface area is 175 Å². The lowest BCUT2D eigenvalue weighted by Gasteiger charge is -2.44. The van der Waals surface area contributed by atoms with Crippen molar-refractivity contribution in [3.05, 3.63) is 65.7 Å². The first-order valence-electron chi connectivity index (χ1n) is 10.4. The number of carboxylic acid groups (broad SMARTS) is 1. The molecule has 156 valence electrons. The van der Waals surface area contributed by atoms with E-state index in [9.17, 15) is 19.5 Å². The summed E-state index contributed by atoms with van der Waals surface area (Å²) in [5.41, 5.74) is 7.08. The minimum absolute atomic E-state index is 0.0121. The van der Waals surface area contributed by atoms with Gasteiger partial charge in [-0.05, 0) is 36.0 Å². The van der Waals surface area contributed by atoms with Gasteiger partial charge >= 0.3 is 5.97 Å². The van der Waals surface area contributed by atoms with Crippen molar-refractivity contribution in [3.63, 3.8) is 0 Å². The van der Waals surface area contributed by atoms with Crippen LogP contribution in [0.1, 0.15) is 42.7 Å². The Morgan fingerprint density at radius 3 is 2.43 bits per heavy atom. The molecule has 1 aliphatic carbocycles. The van der Waals surface area contributed by atoms with Crippen molar-refractivity contribution in [1.29, 1.82) is 0 Å². The minimum Gasteiger partial charge on any atom is -0.480 e. The lowest BCUT2D eigenvalue weighted by Crippen LogP contribution is -2.59. The molecule has 2 aliphatic rings. The fourth-order valence-corrected chi connectivity index (χ4v) is 5.12. The van der Waals surface area contributed by atoms with Crippen molar-refractivity contribution < 1.29 is 19.5 Å². The number of aliphatic carboxylic acids is 1. The summed E-state index contributed by atoms with van der Waals surface area (Å²) in [6.45, 7) is 0. The first-order valence-corrected chi connectivity index (χ1v) is 10.4. The number of ketones is 2. The van der Waals surface area contributed by atoms with Gasteiger partial charge in [0, 0.05) is 30.5 Å². The SMILES string of the molecule is NC(CC(=O)C(=O)Cc1ccccc1)(C(=O)O)C1c2ccccc2N[C@@H]2CCC[C@H]12. The Morgan fingerprint density at radius 1 is 1.00 bits per heavy atom. The molecule has 0 radical (unpaired) electrons. The van der Waals surface area contributed by atoms with Gasteiger partial charge in [-0.1, -0.05) is 55.0 Å². The van der Waals surface area contributed by atoms with Gasteiger partial charge in [0.15, 0.2) is 0 Å². The highest BCUT2D eigenvalue weighted by atomic mass is 16.4. The second-order valence-electron chi connectivity index (χ2n) is 8.44. The number of anilines is 1. The third kappa shape index (κ3) is 3.63. The predicted octanol–water partition coefficient (Wildman–Crippen LogP) is 2.92. The molecule has 2 aromatic rings. The Hall–Kier alpha value is -2.99. The molecule has 2 unspecified atom stereocenters. The molecule has 1 saturated carbocycles. The van der Waals surface area contributed by atoms with Crippen LogP contribution < -0.4 is 11.1 Å². The van der Waals surface area contributed by atoms with Crippen molar-refractivity contribution in [2.75, 3.05) is 5.32 Å². The molecule has 0 saturated heterocycles. The molecule has 1 aliphatic heterocycles. The molecule has 0 aromatic heterocycles. The summed E-state index contributed by atoms with van der Waals surface area (Å²) in [4.78, 5) is 37.8. The molecule has 4 N–H and O–H groups in total. The fraction of sp³-hybridized carbons (Fsp3) is 0.375. The topological polar surface area (TPSA) is 109 Å². The zero-order chi connectivity index (χ0) is 21.3. The van der Waals surface area contributed by atoms with Gasteiger partial charge in [-0.2, -0.15) is 0 Å². The van der Waals surface area contributed by atoms with Crippen LogP contribution in [0.5, 0.6) is 0 Å². The lowest BCUT2D eigenvalue weighted by molar-refractivity contribution is -0.148. The summed E-state index contributed by atoms with van der Waals surface area (Å²) in [6.07, 6.45) is 2.20. The number of benzene rings is 2. The normalized spacial score (nSPS) is 24.1. The summed E-state index contributed by atoms with van der Waals surface area (Å²) in [5, 5.41) is 13.7. The number of nitrogens with one attached hydrogen (secondary N) is 1. The van der Waals surface area contributed by atoms with Gasteiger partial charge in [-0.15, -0.1) is 0 Å². The number of nitrogens with two attached hydrogens (primary N) is 1. The molecular weight excluding hydrogens is 380 g/mol. The number of Topliss-reactive ketones (excluding diaryl/α,β-unsaturated/α-hetero) is 2. The first-order chi connectivity index (χ1) is 14.4.